The Hall–Kier alpha value is -1.02. The van der Waals surface area contributed by atoms with E-state index in [1.165, 1.54) is 18.4 Å². The number of hydrogen-bond donors (Lipinski definition) is 1. The largest absolute Gasteiger partial charge is 0.487 e. The predicted molar refractivity (Wildman–Crippen MR) is 69.2 cm³/mol. The van der Waals surface area contributed by atoms with Crippen LogP contribution in [0.2, 0.25) is 0 Å². The second-order valence-corrected chi connectivity index (χ2v) is 5.97. The molecule has 3 rings (SSSR count). The van der Waals surface area contributed by atoms with Crippen LogP contribution in [0.4, 0.5) is 0 Å². The van der Waals surface area contributed by atoms with Crippen LogP contribution in [0.25, 0.3) is 0 Å². The van der Waals surface area contributed by atoms with E-state index in [2.05, 4.69) is 50.4 Å². The molecule has 2 nitrogen and oxygen atoms in total. The summed E-state index contributed by atoms with van der Waals surface area (Å²) in [6.45, 7) is 6.72. The number of fused-ring (bicyclic) bond motifs is 3. The van der Waals surface area contributed by atoms with Crippen LogP contribution >= 0.6 is 0 Å². The molecule has 1 aromatic rings. The molecule has 2 heterocycles. The predicted octanol–water partition coefficient (Wildman–Crippen LogP) is 3.29. The highest BCUT2D eigenvalue weighted by Gasteiger charge is 2.45. The van der Waals surface area contributed by atoms with E-state index in [9.17, 15) is 0 Å². The molecule has 0 spiro atoms. The van der Waals surface area contributed by atoms with Gasteiger partial charge in [0.25, 0.3) is 0 Å². The molecule has 2 aliphatic heterocycles. The van der Waals surface area contributed by atoms with Gasteiger partial charge in [0.15, 0.2) is 0 Å². The summed E-state index contributed by atoms with van der Waals surface area (Å²) in [5.74, 6) is 1.63. The molecule has 17 heavy (non-hydrogen) atoms. The Kier molecular flexibility index (Phi) is 2.44. The van der Waals surface area contributed by atoms with Crippen LogP contribution in [0, 0.1) is 5.92 Å². The summed E-state index contributed by atoms with van der Waals surface area (Å²) < 4.78 is 6.18. The number of para-hydroxylation sites is 1. The van der Waals surface area contributed by atoms with Crippen LogP contribution in [-0.4, -0.2) is 11.6 Å². The number of piperidine rings is 1. The minimum absolute atomic E-state index is 0.0633. The van der Waals surface area contributed by atoms with Gasteiger partial charge < -0.3 is 10.1 Å². The van der Waals surface area contributed by atoms with Crippen LogP contribution < -0.4 is 10.1 Å². The Morgan fingerprint density at radius 2 is 2.00 bits per heavy atom. The second kappa shape index (κ2) is 3.74. The lowest BCUT2D eigenvalue weighted by atomic mass is 9.73. The summed E-state index contributed by atoms with van der Waals surface area (Å²) in [6.07, 6.45) is 2.50. The van der Waals surface area contributed by atoms with Gasteiger partial charge in [0.05, 0.1) is 0 Å². The molecule has 2 aliphatic rings. The van der Waals surface area contributed by atoms with Crippen molar-refractivity contribution in [2.24, 2.45) is 5.92 Å². The zero-order valence-corrected chi connectivity index (χ0v) is 10.9. The van der Waals surface area contributed by atoms with Crippen LogP contribution in [0.3, 0.4) is 0 Å². The topological polar surface area (TPSA) is 21.3 Å². The highest BCUT2D eigenvalue weighted by Crippen LogP contribution is 2.47. The molecule has 92 valence electrons. The van der Waals surface area contributed by atoms with Crippen LogP contribution in [-0.2, 0) is 0 Å². The van der Waals surface area contributed by atoms with Crippen molar-refractivity contribution in [3.05, 3.63) is 29.8 Å². The van der Waals surface area contributed by atoms with Gasteiger partial charge in [-0.15, -0.1) is 0 Å². The number of benzene rings is 1. The number of ether oxygens (including phenoxy) is 1. The maximum Gasteiger partial charge on any atom is 0.124 e. The number of rotatable bonds is 0. The van der Waals surface area contributed by atoms with Crippen molar-refractivity contribution in [2.75, 3.05) is 0 Å². The van der Waals surface area contributed by atoms with E-state index in [-0.39, 0.29) is 5.60 Å². The van der Waals surface area contributed by atoms with E-state index in [0.29, 0.717) is 18.0 Å². The average Bonchev–Trinajstić information content (AvgIpc) is 2.28. The average molecular weight is 231 g/mol. The highest BCUT2D eigenvalue weighted by molar-refractivity contribution is 5.40. The fourth-order valence-corrected chi connectivity index (χ4v) is 3.35. The summed E-state index contributed by atoms with van der Waals surface area (Å²) in [5, 5.41) is 3.75. The molecule has 1 N–H and O–H groups in total. The summed E-state index contributed by atoms with van der Waals surface area (Å²) in [4.78, 5) is 0. The molecular weight excluding hydrogens is 210 g/mol. The molecule has 0 radical (unpaired) electrons. The molecule has 0 amide bonds. The second-order valence-electron chi connectivity index (χ2n) is 5.97. The summed E-state index contributed by atoms with van der Waals surface area (Å²) in [7, 11) is 0. The van der Waals surface area contributed by atoms with Crippen molar-refractivity contribution < 1.29 is 4.74 Å². The lowest BCUT2D eigenvalue weighted by molar-refractivity contribution is -0.0174. The van der Waals surface area contributed by atoms with Crippen molar-refractivity contribution in [1.82, 2.24) is 5.32 Å². The first kappa shape index (κ1) is 11.1. The van der Waals surface area contributed by atoms with E-state index < -0.39 is 0 Å². The van der Waals surface area contributed by atoms with Crippen molar-refractivity contribution in [3.63, 3.8) is 0 Å². The molecule has 0 unspecified atom stereocenters. The van der Waals surface area contributed by atoms with Gasteiger partial charge in [-0.2, -0.15) is 0 Å². The van der Waals surface area contributed by atoms with Gasteiger partial charge in [-0.1, -0.05) is 18.2 Å². The minimum atomic E-state index is -0.0633. The molecule has 1 fully saturated rings. The number of hydrogen-bond acceptors (Lipinski definition) is 2. The van der Waals surface area contributed by atoms with Gasteiger partial charge in [0, 0.05) is 23.6 Å². The zero-order valence-electron chi connectivity index (χ0n) is 10.9. The molecule has 0 aromatic heterocycles. The Bertz CT molecular complexity index is 427. The van der Waals surface area contributed by atoms with Gasteiger partial charge in [0.1, 0.15) is 11.4 Å². The standard InChI is InChI=1S/C15H21NO/c1-10-8-9-12-14(16-10)11-6-4-5-7-13(11)17-15(12,2)3/h4-7,10,12,14,16H,8-9H2,1-3H3/t10-,12-,14+/m1/s1. The Morgan fingerprint density at radius 3 is 2.82 bits per heavy atom. The zero-order chi connectivity index (χ0) is 12.0. The van der Waals surface area contributed by atoms with Gasteiger partial charge >= 0.3 is 0 Å². The van der Waals surface area contributed by atoms with Gasteiger partial charge in [-0.05, 0) is 39.7 Å². The Morgan fingerprint density at radius 1 is 1.24 bits per heavy atom. The van der Waals surface area contributed by atoms with Gasteiger partial charge in [0.2, 0.25) is 0 Å². The first-order valence-corrected chi connectivity index (χ1v) is 6.62. The molecule has 1 saturated heterocycles. The third kappa shape index (κ3) is 1.75. The lowest BCUT2D eigenvalue weighted by Gasteiger charge is -2.49. The van der Waals surface area contributed by atoms with Crippen molar-refractivity contribution in [2.45, 2.75) is 51.3 Å². The SMILES string of the molecule is C[C@@H]1CC[C@@H]2[C@@H](N1)c1ccccc1OC2(C)C. The summed E-state index contributed by atoms with van der Waals surface area (Å²) >= 11 is 0. The normalized spacial score (nSPS) is 34.4. The number of nitrogens with one attached hydrogen (secondary N) is 1. The molecule has 0 bridgehead atoms. The quantitative estimate of drug-likeness (QED) is 0.740. The van der Waals surface area contributed by atoms with Crippen LogP contribution in [0.1, 0.15) is 45.2 Å². The van der Waals surface area contributed by atoms with Crippen molar-refractivity contribution >= 4 is 0 Å². The highest BCUT2D eigenvalue weighted by atomic mass is 16.5. The van der Waals surface area contributed by atoms with E-state index >= 15 is 0 Å². The first-order valence-electron chi connectivity index (χ1n) is 6.62. The fourth-order valence-electron chi connectivity index (χ4n) is 3.35. The van der Waals surface area contributed by atoms with Crippen LogP contribution in [0.15, 0.2) is 24.3 Å². The molecule has 2 heteroatoms. The van der Waals surface area contributed by atoms with E-state index in [4.69, 9.17) is 4.74 Å². The Labute approximate surface area is 103 Å². The lowest BCUT2D eigenvalue weighted by Crippen LogP contribution is -2.53. The maximum absolute atomic E-state index is 6.18. The first-order chi connectivity index (χ1) is 8.08. The fraction of sp³-hybridized carbons (Fsp3) is 0.600. The molecular formula is C15H21NO. The maximum atomic E-state index is 6.18. The van der Waals surface area contributed by atoms with E-state index in [0.717, 1.165) is 5.75 Å². The molecule has 0 saturated carbocycles. The van der Waals surface area contributed by atoms with Crippen molar-refractivity contribution in [3.8, 4) is 5.75 Å². The van der Waals surface area contributed by atoms with Gasteiger partial charge in [-0.25, -0.2) is 0 Å². The third-order valence-corrected chi connectivity index (χ3v) is 4.30. The molecule has 3 atom stereocenters. The Balaban J connectivity index is 2.05. The van der Waals surface area contributed by atoms with Crippen molar-refractivity contribution in [1.29, 1.82) is 0 Å². The van der Waals surface area contributed by atoms with E-state index in [1.807, 2.05) is 0 Å². The van der Waals surface area contributed by atoms with Crippen LogP contribution in [0.5, 0.6) is 5.75 Å². The molecule has 1 aromatic carbocycles. The van der Waals surface area contributed by atoms with E-state index in [1.54, 1.807) is 0 Å². The van der Waals surface area contributed by atoms with Gasteiger partial charge in [-0.3, -0.25) is 0 Å². The molecule has 0 aliphatic carbocycles. The third-order valence-electron chi connectivity index (χ3n) is 4.30. The monoisotopic (exact) mass is 231 g/mol. The summed E-state index contributed by atoms with van der Waals surface area (Å²) in [6, 6.07) is 9.53. The minimum Gasteiger partial charge on any atom is -0.487 e. The smallest absolute Gasteiger partial charge is 0.124 e. The summed E-state index contributed by atoms with van der Waals surface area (Å²) in [5.41, 5.74) is 1.27.